The lowest BCUT2D eigenvalue weighted by molar-refractivity contribution is -0.166. The molecule has 1 rings (SSSR count). The van der Waals surface area contributed by atoms with E-state index in [1.54, 1.807) is 0 Å². The van der Waals surface area contributed by atoms with Crippen molar-refractivity contribution in [3.63, 3.8) is 0 Å². The van der Waals surface area contributed by atoms with E-state index < -0.39 is 23.3 Å². The minimum absolute atomic E-state index is 0.0335. The lowest BCUT2D eigenvalue weighted by Gasteiger charge is -2.21. The Morgan fingerprint density at radius 3 is 2.38 bits per heavy atom. The van der Waals surface area contributed by atoms with Crippen molar-refractivity contribution in [1.29, 1.82) is 0 Å². The molecule has 1 aromatic rings. The van der Waals surface area contributed by atoms with E-state index in [1.165, 1.54) is 19.0 Å². The highest BCUT2D eigenvalue weighted by Gasteiger charge is 2.43. The van der Waals surface area contributed by atoms with Crippen LogP contribution in [0.2, 0.25) is 0 Å². The molecule has 0 radical (unpaired) electrons. The molecule has 6 heteroatoms. The standard InChI is InChI=1S/C10H10F3NO2/c1-14(2)8-4-3-6(11)5-7(8)10(12,13)9(15)16/h3-5H,1-2H3,(H,15,16). The van der Waals surface area contributed by atoms with E-state index in [-0.39, 0.29) is 5.69 Å². The number of hydrogen-bond donors (Lipinski definition) is 1. The fraction of sp³-hybridized carbons (Fsp3) is 0.300. The zero-order valence-electron chi connectivity index (χ0n) is 8.67. The number of aliphatic carboxylic acids is 1. The van der Waals surface area contributed by atoms with E-state index >= 15 is 0 Å². The summed E-state index contributed by atoms with van der Waals surface area (Å²) in [7, 11) is 2.93. The molecule has 0 bridgehead atoms. The van der Waals surface area contributed by atoms with Crippen molar-refractivity contribution in [2.75, 3.05) is 19.0 Å². The Morgan fingerprint density at radius 2 is 1.94 bits per heavy atom. The van der Waals surface area contributed by atoms with Crippen molar-refractivity contribution in [2.24, 2.45) is 0 Å². The second kappa shape index (κ2) is 4.03. The minimum Gasteiger partial charge on any atom is -0.477 e. The number of benzene rings is 1. The van der Waals surface area contributed by atoms with Crippen molar-refractivity contribution in [3.8, 4) is 0 Å². The zero-order valence-corrected chi connectivity index (χ0v) is 8.67. The van der Waals surface area contributed by atoms with Gasteiger partial charge >= 0.3 is 11.9 Å². The van der Waals surface area contributed by atoms with Gasteiger partial charge < -0.3 is 10.0 Å². The molecule has 0 unspecified atom stereocenters. The number of hydrogen-bond acceptors (Lipinski definition) is 2. The van der Waals surface area contributed by atoms with Gasteiger partial charge in [-0.1, -0.05) is 0 Å². The van der Waals surface area contributed by atoms with Crippen LogP contribution in [0.15, 0.2) is 18.2 Å². The largest absolute Gasteiger partial charge is 0.477 e. The number of carboxylic acids is 1. The van der Waals surface area contributed by atoms with Crippen LogP contribution in [0.3, 0.4) is 0 Å². The SMILES string of the molecule is CN(C)c1ccc(F)cc1C(F)(F)C(=O)O. The first-order chi connectivity index (χ1) is 7.26. The quantitative estimate of drug-likeness (QED) is 0.868. The van der Waals surface area contributed by atoms with Gasteiger partial charge in [-0.15, -0.1) is 0 Å². The van der Waals surface area contributed by atoms with Gasteiger partial charge in [-0.2, -0.15) is 8.78 Å². The first kappa shape index (κ1) is 12.4. The second-order valence-corrected chi connectivity index (χ2v) is 3.44. The topological polar surface area (TPSA) is 40.5 Å². The third-order valence-electron chi connectivity index (χ3n) is 2.05. The number of anilines is 1. The summed E-state index contributed by atoms with van der Waals surface area (Å²) < 4.78 is 39.4. The molecule has 0 aromatic heterocycles. The Morgan fingerprint density at radius 1 is 1.38 bits per heavy atom. The molecule has 0 amide bonds. The Bertz CT molecular complexity index is 419. The molecule has 0 aliphatic heterocycles. The van der Waals surface area contributed by atoms with E-state index in [9.17, 15) is 18.0 Å². The molecule has 1 N–H and O–H groups in total. The predicted molar refractivity (Wildman–Crippen MR) is 52.3 cm³/mol. The predicted octanol–water partition coefficient (Wildman–Crippen LogP) is 2.07. The summed E-state index contributed by atoms with van der Waals surface area (Å²) in [5.41, 5.74) is -0.890. The number of nitrogens with zero attached hydrogens (tertiary/aromatic N) is 1. The van der Waals surface area contributed by atoms with Gasteiger partial charge in [0, 0.05) is 19.8 Å². The molecule has 0 aliphatic rings. The van der Waals surface area contributed by atoms with Gasteiger partial charge in [-0.05, 0) is 18.2 Å². The maximum Gasteiger partial charge on any atom is 0.379 e. The molecule has 0 fully saturated rings. The molecule has 1 aromatic carbocycles. The van der Waals surface area contributed by atoms with E-state index in [2.05, 4.69) is 0 Å². The van der Waals surface area contributed by atoms with Crippen LogP contribution in [0, 0.1) is 5.82 Å². The van der Waals surface area contributed by atoms with E-state index in [0.717, 1.165) is 12.1 Å². The van der Waals surface area contributed by atoms with Crippen LogP contribution >= 0.6 is 0 Å². The minimum atomic E-state index is -4.11. The van der Waals surface area contributed by atoms with Crippen molar-refractivity contribution in [1.82, 2.24) is 0 Å². The maximum absolute atomic E-state index is 13.3. The second-order valence-electron chi connectivity index (χ2n) is 3.44. The fourth-order valence-electron chi connectivity index (χ4n) is 1.26. The van der Waals surface area contributed by atoms with Gasteiger partial charge in [0.05, 0.1) is 5.56 Å². The molecule has 0 saturated carbocycles. The number of carboxylic acid groups (broad SMARTS) is 1. The van der Waals surface area contributed by atoms with Crippen LogP contribution in [0.4, 0.5) is 18.9 Å². The first-order valence-electron chi connectivity index (χ1n) is 4.35. The van der Waals surface area contributed by atoms with E-state index in [0.29, 0.717) is 6.07 Å². The Kier molecular flexibility index (Phi) is 3.11. The summed E-state index contributed by atoms with van der Waals surface area (Å²) in [5, 5.41) is 8.40. The van der Waals surface area contributed by atoms with E-state index in [4.69, 9.17) is 5.11 Å². The van der Waals surface area contributed by atoms with Crippen LogP contribution in [-0.4, -0.2) is 25.2 Å². The van der Waals surface area contributed by atoms with Gasteiger partial charge in [-0.25, -0.2) is 9.18 Å². The van der Waals surface area contributed by atoms with Crippen molar-refractivity contribution >= 4 is 11.7 Å². The van der Waals surface area contributed by atoms with Crippen molar-refractivity contribution in [3.05, 3.63) is 29.6 Å². The van der Waals surface area contributed by atoms with Crippen LogP contribution in [0.1, 0.15) is 5.56 Å². The smallest absolute Gasteiger partial charge is 0.379 e. The molecular formula is C10H10F3NO2. The molecule has 0 spiro atoms. The Hall–Kier alpha value is -1.72. The van der Waals surface area contributed by atoms with Gasteiger partial charge in [-0.3, -0.25) is 0 Å². The lowest BCUT2D eigenvalue weighted by Crippen LogP contribution is -2.28. The van der Waals surface area contributed by atoms with E-state index in [1.807, 2.05) is 0 Å². The maximum atomic E-state index is 13.3. The van der Waals surface area contributed by atoms with Crippen LogP contribution in [0.25, 0.3) is 0 Å². The number of alkyl halides is 2. The summed E-state index contributed by atoms with van der Waals surface area (Å²) >= 11 is 0. The Balaban J connectivity index is 3.41. The summed E-state index contributed by atoms with van der Waals surface area (Å²) in [4.78, 5) is 11.7. The Labute approximate surface area is 90.1 Å². The third kappa shape index (κ3) is 2.10. The first-order valence-corrected chi connectivity index (χ1v) is 4.35. The number of rotatable bonds is 3. The number of carbonyl (C=O) groups is 1. The van der Waals surface area contributed by atoms with Crippen LogP contribution in [0.5, 0.6) is 0 Å². The highest BCUT2D eigenvalue weighted by molar-refractivity contribution is 5.80. The highest BCUT2D eigenvalue weighted by Crippen LogP contribution is 2.35. The van der Waals surface area contributed by atoms with Crippen LogP contribution in [-0.2, 0) is 10.7 Å². The molecule has 0 heterocycles. The van der Waals surface area contributed by atoms with Gasteiger partial charge in [0.15, 0.2) is 0 Å². The average Bonchev–Trinajstić information content (AvgIpc) is 2.16. The molecule has 3 nitrogen and oxygen atoms in total. The molecular weight excluding hydrogens is 223 g/mol. The lowest BCUT2D eigenvalue weighted by atomic mass is 10.1. The van der Waals surface area contributed by atoms with Gasteiger partial charge in [0.25, 0.3) is 0 Å². The zero-order chi connectivity index (χ0) is 12.5. The molecule has 0 saturated heterocycles. The van der Waals surface area contributed by atoms with Crippen molar-refractivity contribution < 1.29 is 23.1 Å². The third-order valence-corrected chi connectivity index (χ3v) is 2.05. The molecule has 16 heavy (non-hydrogen) atoms. The monoisotopic (exact) mass is 233 g/mol. The number of halogens is 3. The summed E-state index contributed by atoms with van der Waals surface area (Å²) in [5.74, 6) is -7.32. The van der Waals surface area contributed by atoms with Gasteiger partial charge in [0.2, 0.25) is 0 Å². The molecule has 0 aliphatic carbocycles. The summed E-state index contributed by atoms with van der Waals surface area (Å²) in [6, 6.07) is 2.64. The average molecular weight is 233 g/mol. The summed E-state index contributed by atoms with van der Waals surface area (Å²) in [6.07, 6.45) is 0. The normalized spacial score (nSPS) is 11.3. The molecule has 88 valence electrons. The van der Waals surface area contributed by atoms with Crippen molar-refractivity contribution in [2.45, 2.75) is 5.92 Å². The molecule has 0 atom stereocenters. The van der Waals surface area contributed by atoms with Crippen LogP contribution < -0.4 is 4.90 Å². The highest BCUT2D eigenvalue weighted by atomic mass is 19.3. The summed E-state index contributed by atoms with van der Waals surface area (Å²) in [6.45, 7) is 0. The van der Waals surface area contributed by atoms with Gasteiger partial charge in [0.1, 0.15) is 5.82 Å². The fourth-order valence-corrected chi connectivity index (χ4v) is 1.26.